The Bertz CT molecular complexity index is 1590. The highest BCUT2D eigenvalue weighted by atomic mass is 19.3. The molecule has 1 amide bonds. The Balaban J connectivity index is 1.37. The van der Waals surface area contributed by atoms with Gasteiger partial charge in [-0.3, -0.25) is 4.79 Å². The molecule has 6 rings (SSSR count). The first-order chi connectivity index (χ1) is 17.9. The van der Waals surface area contributed by atoms with Gasteiger partial charge in [-0.15, -0.1) is 10.2 Å². The summed E-state index contributed by atoms with van der Waals surface area (Å²) in [6.45, 7) is -5.67. The van der Waals surface area contributed by atoms with Crippen LogP contribution in [0.1, 0.15) is 40.4 Å². The maximum Gasteiger partial charge on any atom is 0.387 e. The van der Waals surface area contributed by atoms with Crippen molar-refractivity contribution in [1.29, 1.82) is 0 Å². The van der Waals surface area contributed by atoms with Crippen LogP contribution in [0.25, 0.3) is 17.0 Å². The Morgan fingerprint density at radius 3 is 2.89 bits per heavy atom. The lowest BCUT2D eigenvalue weighted by atomic mass is 9.99. The van der Waals surface area contributed by atoms with Gasteiger partial charge < -0.3 is 19.0 Å². The van der Waals surface area contributed by atoms with E-state index in [0.29, 0.717) is 22.5 Å². The van der Waals surface area contributed by atoms with Crippen LogP contribution in [0.2, 0.25) is 0 Å². The number of hydrogen-bond acceptors (Lipinski definition) is 8. The number of H-pyrrole nitrogens is 1. The van der Waals surface area contributed by atoms with E-state index in [0.717, 1.165) is 18.1 Å². The summed E-state index contributed by atoms with van der Waals surface area (Å²) in [5.74, 6) is -1.28. The quantitative estimate of drug-likeness (QED) is 0.340. The van der Waals surface area contributed by atoms with Gasteiger partial charge in [-0.1, -0.05) is 0 Å². The number of alkyl halides is 4. The minimum Gasteiger partial charge on any atom is -0.433 e. The molecule has 0 fully saturated rings. The third-order valence-electron chi connectivity index (χ3n) is 5.82. The summed E-state index contributed by atoms with van der Waals surface area (Å²) in [6.07, 6.45) is 5.61. The summed E-state index contributed by atoms with van der Waals surface area (Å²) < 4.78 is 63.4. The minimum absolute atomic E-state index is 0.0851. The highest BCUT2D eigenvalue weighted by Gasteiger charge is 2.38. The summed E-state index contributed by atoms with van der Waals surface area (Å²) in [4.78, 5) is 22.3. The second kappa shape index (κ2) is 8.72. The molecule has 0 radical (unpaired) electrons. The smallest absolute Gasteiger partial charge is 0.387 e. The summed E-state index contributed by atoms with van der Waals surface area (Å²) in [5, 5.41) is 15.6. The number of fused-ring (bicyclic) bond motifs is 2. The first-order valence-corrected chi connectivity index (χ1v) is 10.8. The van der Waals surface area contributed by atoms with Gasteiger partial charge in [0.2, 0.25) is 0 Å². The predicted octanol–water partition coefficient (Wildman–Crippen LogP) is 3.09. The van der Waals surface area contributed by atoms with E-state index in [4.69, 9.17) is 4.42 Å². The van der Waals surface area contributed by atoms with Crippen molar-refractivity contribution in [3.8, 4) is 17.2 Å². The second-order valence-electron chi connectivity index (χ2n) is 7.97. The molecule has 12 nitrogen and oxygen atoms in total. The van der Waals surface area contributed by atoms with Gasteiger partial charge in [0.05, 0.1) is 29.5 Å². The predicted molar refractivity (Wildman–Crippen MR) is 114 cm³/mol. The summed E-state index contributed by atoms with van der Waals surface area (Å²) >= 11 is 0. The number of pyridine rings is 1. The maximum atomic E-state index is 13.5. The van der Waals surface area contributed by atoms with Crippen molar-refractivity contribution in [1.82, 2.24) is 44.5 Å². The van der Waals surface area contributed by atoms with E-state index in [1.807, 2.05) is 0 Å². The number of aromatic nitrogens is 8. The number of aromatic amines is 1. The molecular formula is C21H15F4N9O3. The molecule has 1 aliphatic rings. The van der Waals surface area contributed by atoms with Gasteiger partial charge in [0.1, 0.15) is 11.6 Å². The number of nitrogens with one attached hydrogen (secondary N) is 1. The number of ether oxygens (including phenoxy) is 1. The largest absolute Gasteiger partial charge is 0.433 e. The van der Waals surface area contributed by atoms with Crippen molar-refractivity contribution < 1.29 is 31.5 Å². The van der Waals surface area contributed by atoms with E-state index < -0.39 is 25.1 Å². The van der Waals surface area contributed by atoms with Gasteiger partial charge >= 0.3 is 25.0 Å². The zero-order valence-corrected chi connectivity index (χ0v) is 18.5. The van der Waals surface area contributed by atoms with Gasteiger partial charge in [-0.25, -0.2) is 14.2 Å². The molecule has 5 aromatic rings. The van der Waals surface area contributed by atoms with Crippen LogP contribution < -0.4 is 4.74 Å². The number of rotatable bonds is 6. The number of imidazole rings is 1. The zero-order chi connectivity index (χ0) is 25.7. The first kappa shape index (κ1) is 22.7. The van der Waals surface area contributed by atoms with Crippen molar-refractivity contribution >= 4 is 11.4 Å². The van der Waals surface area contributed by atoms with E-state index in [1.165, 1.54) is 33.9 Å². The van der Waals surface area contributed by atoms with Crippen molar-refractivity contribution in [2.24, 2.45) is 0 Å². The molecule has 0 spiro atoms. The molecule has 0 saturated heterocycles. The summed E-state index contributed by atoms with van der Waals surface area (Å²) in [6, 6.07) is 3.59. The highest BCUT2D eigenvalue weighted by Crippen LogP contribution is 2.35. The molecule has 0 bridgehead atoms. The van der Waals surface area contributed by atoms with Crippen LogP contribution in [-0.4, -0.2) is 63.5 Å². The third kappa shape index (κ3) is 3.95. The molecular weight excluding hydrogens is 502 g/mol. The Morgan fingerprint density at radius 2 is 2.11 bits per heavy atom. The SMILES string of the molecule is O=C(c1nnc(-c2cnn(C(F)F)c2)o1)N1CCc2[nH]cnc2C1c1cc2c(OC(F)F)cccn2n1. The Kier molecular flexibility index (Phi) is 5.35. The van der Waals surface area contributed by atoms with E-state index in [-0.39, 0.29) is 35.2 Å². The molecule has 190 valence electrons. The number of amides is 1. The molecule has 37 heavy (non-hydrogen) atoms. The molecule has 5 aromatic heterocycles. The normalized spacial score (nSPS) is 15.6. The van der Waals surface area contributed by atoms with Gasteiger partial charge in [-0.2, -0.15) is 27.8 Å². The Labute approximate surface area is 203 Å². The van der Waals surface area contributed by atoms with Gasteiger partial charge in [0, 0.05) is 31.1 Å². The molecule has 1 unspecified atom stereocenters. The topological polar surface area (TPSA) is 132 Å². The minimum atomic E-state index is -3.03. The highest BCUT2D eigenvalue weighted by molar-refractivity contribution is 5.90. The van der Waals surface area contributed by atoms with Crippen molar-refractivity contribution in [3.05, 3.63) is 66.1 Å². The van der Waals surface area contributed by atoms with E-state index in [1.54, 1.807) is 6.20 Å². The van der Waals surface area contributed by atoms with Gasteiger partial charge in [-0.05, 0) is 18.2 Å². The first-order valence-electron chi connectivity index (χ1n) is 10.8. The lowest BCUT2D eigenvalue weighted by Gasteiger charge is -2.32. The van der Waals surface area contributed by atoms with Gasteiger partial charge in [0.25, 0.3) is 5.89 Å². The number of halogens is 4. The maximum absolute atomic E-state index is 13.5. The monoisotopic (exact) mass is 517 g/mol. The lowest BCUT2D eigenvalue weighted by molar-refractivity contribution is -0.0490. The Morgan fingerprint density at radius 1 is 1.24 bits per heavy atom. The number of hydrogen-bond donors (Lipinski definition) is 1. The van der Waals surface area contributed by atoms with Crippen LogP contribution in [-0.2, 0) is 6.42 Å². The van der Waals surface area contributed by atoms with Gasteiger partial charge in [0.15, 0.2) is 5.75 Å². The average molecular weight is 517 g/mol. The van der Waals surface area contributed by atoms with Crippen molar-refractivity contribution in [2.75, 3.05) is 6.54 Å². The van der Waals surface area contributed by atoms with Crippen LogP contribution in [0, 0.1) is 0 Å². The molecule has 16 heteroatoms. The van der Waals surface area contributed by atoms with E-state index in [9.17, 15) is 22.4 Å². The van der Waals surface area contributed by atoms with Crippen LogP contribution in [0.3, 0.4) is 0 Å². The number of nitrogens with zero attached hydrogens (tertiary/aromatic N) is 8. The van der Waals surface area contributed by atoms with Crippen LogP contribution >= 0.6 is 0 Å². The molecule has 1 aliphatic heterocycles. The molecule has 0 aliphatic carbocycles. The van der Waals surface area contributed by atoms with Crippen LogP contribution in [0.15, 0.2) is 47.5 Å². The fourth-order valence-corrected chi connectivity index (χ4v) is 4.24. The summed E-state index contributed by atoms with van der Waals surface area (Å²) in [7, 11) is 0. The van der Waals surface area contributed by atoms with Crippen LogP contribution in [0.5, 0.6) is 5.75 Å². The zero-order valence-electron chi connectivity index (χ0n) is 18.5. The second-order valence-corrected chi connectivity index (χ2v) is 7.97. The van der Waals surface area contributed by atoms with Crippen molar-refractivity contribution in [3.63, 3.8) is 0 Å². The lowest BCUT2D eigenvalue weighted by Crippen LogP contribution is -2.41. The fourth-order valence-electron chi connectivity index (χ4n) is 4.24. The van der Waals surface area contributed by atoms with Crippen molar-refractivity contribution in [2.45, 2.75) is 25.6 Å². The average Bonchev–Trinajstić information content (AvgIpc) is 3.67. The molecule has 6 heterocycles. The Hall–Kier alpha value is -4.76. The molecule has 0 aromatic carbocycles. The molecule has 1 N–H and O–H groups in total. The third-order valence-corrected chi connectivity index (χ3v) is 5.82. The number of carbonyl (C=O) groups is 1. The van der Waals surface area contributed by atoms with E-state index >= 15 is 0 Å². The summed E-state index contributed by atoms with van der Waals surface area (Å²) in [5.41, 5.74) is 2.01. The van der Waals surface area contributed by atoms with E-state index in [2.05, 4.69) is 35.1 Å². The standard InChI is InChI=1S/C21H15F4N9O3/c22-20(23)34-8-10(7-28-34)17-29-30-18(37-17)19(35)32-5-3-11-15(27-9-26-11)16(32)12-6-13-14(36-21(24)25)2-1-4-33(13)31-12/h1-2,4,6-9,16,20-21H,3,5H2,(H,26,27). The molecule has 0 saturated carbocycles. The molecule has 1 atom stereocenters. The number of carbonyl (C=O) groups excluding carboxylic acids is 1. The fraction of sp³-hybridized carbons (Fsp3) is 0.238. The van der Waals surface area contributed by atoms with Crippen LogP contribution in [0.4, 0.5) is 17.6 Å².